The number of nitrogens with two attached hydrogens (primary N) is 1. The van der Waals surface area contributed by atoms with Crippen LogP contribution in [0.2, 0.25) is 5.02 Å². The van der Waals surface area contributed by atoms with E-state index in [2.05, 4.69) is 4.72 Å². The second-order valence-corrected chi connectivity index (χ2v) is 6.78. The van der Waals surface area contributed by atoms with Crippen LogP contribution in [-0.2, 0) is 14.8 Å². The quantitative estimate of drug-likeness (QED) is 0.812. The molecule has 0 bridgehead atoms. The van der Waals surface area contributed by atoms with Crippen molar-refractivity contribution >= 4 is 27.3 Å². The molecule has 1 rings (SSSR count). The molecule has 1 aromatic rings. The second-order valence-electron chi connectivity index (χ2n) is 4.73. The summed E-state index contributed by atoms with van der Waals surface area (Å²) in [6.07, 6.45) is 0. The lowest BCUT2D eigenvalue weighted by molar-refractivity contribution is 0.141. The Morgan fingerprint density at radius 1 is 1.47 bits per heavy atom. The molecule has 3 N–H and O–H groups in total. The van der Waals surface area contributed by atoms with E-state index >= 15 is 0 Å². The van der Waals surface area contributed by atoms with E-state index in [1.165, 1.54) is 7.11 Å². The lowest BCUT2D eigenvalue weighted by Crippen LogP contribution is -2.46. The van der Waals surface area contributed by atoms with Gasteiger partial charge >= 0.3 is 0 Å². The summed E-state index contributed by atoms with van der Waals surface area (Å²) in [6.45, 7) is 3.46. The van der Waals surface area contributed by atoms with Gasteiger partial charge in [-0.05, 0) is 26.0 Å². The monoisotopic (exact) mass is 310 g/mol. The first-order valence-corrected chi connectivity index (χ1v) is 7.22. The second kappa shape index (κ2) is 5.62. The minimum atomic E-state index is -3.92. The molecule has 1 aromatic carbocycles. The molecule has 0 unspecified atom stereocenters. The number of hydrogen-bond acceptors (Lipinski definition) is 4. The molecule has 19 heavy (non-hydrogen) atoms. The predicted octanol–water partition coefficient (Wildman–Crippen LogP) is 1.76. The zero-order chi connectivity index (χ0) is 14.8. The van der Waals surface area contributed by atoms with Crippen molar-refractivity contribution in [2.24, 2.45) is 0 Å². The number of nitrogen functional groups attached to an aromatic ring is 1. The van der Waals surface area contributed by atoms with Gasteiger partial charge in [-0.3, -0.25) is 0 Å². The Morgan fingerprint density at radius 2 is 2.05 bits per heavy atom. The van der Waals surface area contributed by atoms with Crippen LogP contribution in [0, 0.1) is 5.82 Å². The highest BCUT2D eigenvalue weighted by atomic mass is 35.5. The van der Waals surface area contributed by atoms with Crippen LogP contribution < -0.4 is 10.5 Å². The summed E-state index contributed by atoms with van der Waals surface area (Å²) in [5, 5.41) is -0.229. The molecule has 0 aliphatic rings. The number of hydrogen-bond donors (Lipinski definition) is 2. The lowest BCUT2D eigenvalue weighted by atomic mass is 10.1. The van der Waals surface area contributed by atoms with E-state index in [1.54, 1.807) is 13.8 Å². The summed E-state index contributed by atoms with van der Waals surface area (Å²) < 4.78 is 44.9. The number of benzene rings is 1. The number of anilines is 1. The van der Waals surface area contributed by atoms with Crippen molar-refractivity contribution in [3.63, 3.8) is 0 Å². The van der Waals surface area contributed by atoms with Crippen molar-refractivity contribution in [2.75, 3.05) is 19.5 Å². The first-order valence-electron chi connectivity index (χ1n) is 5.36. The number of halogens is 2. The fourth-order valence-corrected chi connectivity index (χ4v) is 3.51. The minimum absolute atomic E-state index is 0.167. The first-order chi connectivity index (χ1) is 8.59. The van der Waals surface area contributed by atoms with Crippen molar-refractivity contribution < 1.29 is 17.5 Å². The molecule has 0 aliphatic heterocycles. The van der Waals surface area contributed by atoms with Gasteiger partial charge in [0.25, 0.3) is 0 Å². The molecular weight excluding hydrogens is 295 g/mol. The van der Waals surface area contributed by atoms with Gasteiger partial charge in [0, 0.05) is 7.11 Å². The van der Waals surface area contributed by atoms with E-state index in [4.69, 9.17) is 22.1 Å². The molecule has 0 fully saturated rings. The molecule has 0 aliphatic carbocycles. The molecule has 0 spiro atoms. The van der Waals surface area contributed by atoms with E-state index in [0.29, 0.717) is 0 Å². The fraction of sp³-hybridized carbons (Fsp3) is 0.455. The average molecular weight is 311 g/mol. The Labute approximate surface area is 116 Å². The largest absolute Gasteiger partial charge is 0.396 e. The van der Waals surface area contributed by atoms with Gasteiger partial charge in [-0.1, -0.05) is 11.6 Å². The maximum Gasteiger partial charge on any atom is 0.242 e. The third-order valence-electron chi connectivity index (χ3n) is 2.26. The molecule has 0 heterocycles. The van der Waals surface area contributed by atoms with E-state index in [-0.39, 0.29) is 22.2 Å². The van der Waals surface area contributed by atoms with E-state index in [0.717, 1.165) is 12.1 Å². The normalized spacial score (nSPS) is 12.7. The highest BCUT2D eigenvalue weighted by Crippen LogP contribution is 2.27. The molecule has 0 aromatic heterocycles. The van der Waals surface area contributed by atoms with E-state index in [1.807, 2.05) is 0 Å². The number of ether oxygens (including phenoxy) is 1. The van der Waals surface area contributed by atoms with Gasteiger partial charge in [0.1, 0.15) is 10.7 Å². The zero-order valence-corrected chi connectivity index (χ0v) is 12.4. The Hall–Kier alpha value is -0.890. The van der Waals surface area contributed by atoms with Crippen LogP contribution in [0.25, 0.3) is 0 Å². The van der Waals surface area contributed by atoms with Crippen molar-refractivity contribution in [1.29, 1.82) is 0 Å². The standard InChI is InChI=1S/C11H16ClFN2O3S/c1-11(2,6-18-3)15-19(16,17)10-5-9(14)8(13)4-7(10)12/h4-5,15H,6,14H2,1-3H3. The van der Waals surface area contributed by atoms with Crippen molar-refractivity contribution in [3.05, 3.63) is 23.0 Å². The van der Waals surface area contributed by atoms with Crippen LogP contribution in [0.4, 0.5) is 10.1 Å². The third-order valence-corrected chi connectivity index (χ3v) is 4.42. The van der Waals surface area contributed by atoms with Crippen molar-refractivity contribution in [3.8, 4) is 0 Å². The highest BCUT2D eigenvalue weighted by Gasteiger charge is 2.28. The Kier molecular flexibility index (Phi) is 4.78. The summed E-state index contributed by atoms with van der Waals surface area (Å²) in [5.74, 6) is -0.764. The number of methoxy groups -OCH3 is 1. The minimum Gasteiger partial charge on any atom is -0.396 e. The van der Waals surface area contributed by atoms with Gasteiger partial charge in [-0.2, -0.15) is 0 Å². The molecule has 0 saturated carbocycles. The number of nitrogens with one attached hydrogen (secondary N) is 1. The molecule has 5 nitrogen and oxygen atoms in total. The molecule has 8 heteroatoms. The molecule has 108 valence electrons. The SMILES string of the molecule is COCC(C)(C)NS(=O)(=O)c1cc(N)c(F)cc1Cl. The summed E-state index contributed by atoms with van der Waals surface area (Å²) in [6, 6.07) is 1.86. The summed E-state index contributed by atoms with van der Waals surface area (Å²) in [7, 11) is -2.46. The predicted molar refractivity (Wildman–Crippen MR) is 72.1 cm³/mol. The fourth-order valence-electron chi connectivity index (χ4n) is 1.56. The topological polar surface area (TPSA) is 81.4 Å². The van der Waals surface area contributed by atoms with Gasteiger partial charge in [0.05, 0.1) is 22.9 Å². The Balaban J connectivity index is 3.18. The van der Waals surface area contributed by atoms with Crippen LogP contribution in [0.15, 0.2) is 17.0 Å². The number of sulfonamides is 1. The van der Waals surface area contributed by atoms with Crippen molar-refractivity contribution in [2.45, 2.75) is 24.3 Å². The van der Waals surface area contributed by atoms with Gasteiger partial charge in [0.15, 0.2) is 0 Å². The Morgan fingerprint density at radius 3 is 2.58 bits per heavy atom. The molecule has 0 radical (unpaired) electrons. The first kappa shape index (κ1) is 16.2. The van der Waals surface area contributed by atoms with E-state index < -0.39 is 21.4 Å². The van der Waals surface area contributed by atoms with Crippen molar-refractivity contribution in [1.82, 2.24) is 4.72 Å². The maximum absolute atomic E-state index is 13.2. The summed E-state index contributed by atoms with van der Waals surface area (Å²) in [4.78, 5) is -0.266. The molecule has 0 saturated heterocycles. The summed E-state index contributed by atoms with van der Waals surface area (Å²) >= 11 is 5.75. The zero-order valence-electron chi connectivity index (χ0n) is 10.8. The van der Waals surface area contributed by atoms with E-state index in [9.17, 15) is 12.8 Å². The summed E-state index contributed by atoms with van der Waals surface area (Å²) in [5.41, 5.74) is 4.24. The van der Waals surface area contributed by atoms with Gasteiger partial charge in [-0.15, -0.1) is 0 Å². The molecular formula is C11H16ClFN2O3S. The highest BCUT2D eigenvalue weighted by molar-refractivity contribution is 7.89. The molecule has 0 atom stereocenters. The number of rotatable bonds is 5. The smallest absolute Gasteiger partial charge is 0.242 e. The Bertz CT molecular complexity index is 576. The molecule has 0 amide bonds. The van der Waals surface area contributed by atoms with Crippen LogP contribution in [0.1, 0.15) is 13.8 Å². The third kappa shape index (κ3) is 4.04. The average Bonchev–Trinajstić information content (AvgIpc) is 2.21. The maximum atomic E-state index is 13.2. The van der Waals surface area contributed by atoms with Crippen LogP contribution in [0.3, 0.4) is 0 Å². The van der Waals surface area contributed by atoms with Gasteiger partial charge in [0.2, 0.25) is 10.0 Å². The van der Waals surface area contributed by atoms with Gasteiger partial charge in [-0.25, -0.2) is 17.5 Å². The van der Waals surface area contributed by atoms with Crippen LogP contribution in [0.5, 0.6) is 0 Å². The van der Waals surface area contributed by atoms with Crippen LogP contribution >= 0.6 is 11.6 Å². The van der Waals surface area contributed by atoms with Crippen LogP contribution in [-0.4, -0.2) is 27.7 Å². The van der Waals surface area contributed by atoms with Gasteiger partial charge < -0.3 is 10.5 Å². The lowest BCUT2D eigenvalue weighted by Gasteiger charge is -2.25.